The molecule has 3 aromatic carbocycles. The first-order valence-electron chi connectivity index (χ1n) is 11.5. The molecule has 6 rings (SSSR count). The summed E-state index contributed by atoms with van der Waals surface area (Å²) in [4.78, 5) is 9.79. The molecule has 34 heavy (non-hydrogen) atoms. The second kappa shape index (κ2) is 8.52. The number of hydrogen-bond acceptors (Lipinski definition) is 2. The van der Waals surface area contributed by atoms with Crippen LogP contribution >= 0.6 is 7.26 Å². The molecule has 0 amide bonds. The lowest BCUT2D eigenvalue weighted by molar-refractivity contribution is 1.09. The van der Waals surface area contributed by atoms with E-state index in [1.807, 2.05) is 12.3 Å². The lowest BCUT2D eigenvalue weighted by Crippen LogP contribution is -2.32. The van der Waals surface area contributed by atoms with Crippen LogP contribution in [0.15, 0.2) is 122 Å². The summed E-state index contributed by atoms with van der Waals surface area (Å²) in [7, 11) is -2.01. The molecule has 0 aliphatic carbocycles. The third-order valence-electron chi connectivity index (χ3n) is 6.69. The van der Waals surface area contributed by atoms with Crippen LogP contribution in [-0.2, 0) is 6.16 Å². The minimum Gasteiger partial charge on any atom is -0.303 e. The van der Waals surface area contributed by atoms with Crippen molar-refractivity contribution in [3.63, 3.8) is 0 Å². The van der Waals surface area contributed by atoms with Crippen LogP contribution in [0.1, 0.15) is 11.4 Å². The van der Waals surface area contributed by atoms with E-state index in [1.54, 1.807) is 0 Å². The van der Waals surface area contributed by atoms with E-state index in [4.69, 9.17) is 4.98 Å². The Balaban J connectivity index is 1.64. The maximum atomic E-state index is 5.25. The Hall–Kier alpha value is -3.81. The molecule has 3 aromatic heterocycles. The lowest BCUT2D eigenvalue weighted by atomic mass is 10.2. The third-order valence-corrected chi connectivity index (χ3v) is 11.0. The Morgan fingerprint density at radius 2 is 1.24 bits per heavy atom. The number of hydrogen-bond donors (Lipinski definition) is 0. The Kier molecular flexibility index (Phi) is 5.20. The van der Waals surface area contributed by atoms with Crippen LogP contribution in [0.25, 0.3) is 16.6 Å². The number of aryl methyl sites for hydroxylation is 1. The number of pyridine rings is 2. The van der Waals surface area contributed by atoms with Gasteiger partial charge in [-0.25, -0.2) is 4.98 Å². The van der Waals surface area contributed by atoms with Crippen LogP contribution in [0.3, 0.4) is 0 Å². The monoisotopic (exact) mass is 458 g/mol. The Morgan fingerprint density at radius 1 is 0.676 bits per heavy atom. The molecule has 6 aromatic rings. The average Bonchev–Trinajstić information content (AvgIpc) is 3.24. The molecule has 0 radical (unpaired) electrons. The van der Waals surface area contributed by atoms with E-state index in [0.717, 1.165) is 28.4 Å². The van der Waals surface area contributed by atoms with Gasteiger partial charge in [-0.15, -0.1) is 0 Å². The molecule has 3 nitrogen and oxygen atoms in total. The van der Waals surface area contributed by atoms with Crippen molar-refractivity contribution in [2.45, 2.75) is 13.1 Å². The van der Waals surface area contributed by atoms with E-state index in [2.05, 4.69) is 126 Å². The molecule has 0 unspecified atom stereocenters. The van der Waals surface area contributed by atoms with Crippen LogP contribution < -0.4 is 15.9 Å². The number of imidazole rings is 1. The highest BCUT2D eigenvalue weighted by atomic mass is 31.2. The van der Waals surface area contributed by atoms with Gasteiger partial charge in [0.25, 0.3) is 0 Å². The SMILES string of the molecule is Cc1c(C[P+](c2ccccc2)(c2ccccc2)c2ccccc2)nc2c3cccnc3ccn12. The Morgan fingerprint density at radius 3 is 1.79 bits per heavy atom. The molecule has 0 spiro atoms. The van der Waals surface area contributed by atoms with E-state index in [1.165, 1.54) is 21.6 Å². The van der Waals surface area contributed by atoms with Crippen molar-refractivity contribution in [1.82, 2.24) is 14.4 Å². The second-order valence-corrected chi connectivity index (χ2v) is 12.0. The summed E-state index contributed by atoms with van der Waals surface area (Å²) in [6.07, 6.45) is 4.80. The van der Waals surface area contributed by atoms with Gasteiger partial charge in [-0.3, -0.25) is 4.98 Å². The fraction of sp³-hybridized carbons (Fsp3) is 0.0667. The van der Waals surface area contributed by atoms with Gasteiger partial charge in [0, 0.05) is 23.5 Å². The maximum absolute atomic E-state index is 5.25. The van der Waals surface area contributed by atoms with Crippen molar-refractivity contribution in [2.75, 3.05) is 0 Å². The van der Waals surface area contributed by atoms with Gasteiger partial charge >= 0.3 is 0 Å². The molecule has 0 bridgehead atoms. The first-order valence-corrected chi connectivity index (χ1v) is 13.5. The van der Waals surface area contributed by atoms with Gasteiger partial charge in [-0.05, 0) is 61.5 Å². The van der Waals surface area contributed by atoms with Gasteiger partial charge in [0.15, 0.2) is 0 Å². The Labute approximate surface area is 200 Å². The molecule has 0 atom stereocenters. The predicted octanol–water partition coefficient (Wildman–Crippen LogP) is 5.69. The third kappa shape index (κ3) is 3.32. The van der Waals surface area contributed by atoms with E-state index < -0.39 is 7.26 Å². The summed E-state index contributed by atoms with van der Waals surface area (Å²) >= 11 is 0. The van der Waals surface area contributed by atoms with Crippen LogP contribution in [0.5, 0.6) is 0 Å². The van der Waals surface area contributed by atoms with Crippen LogP contribution in [0.4, 0.5) is 0 Å². The molecule has 0 fully saturated rings. The number of rotatable bonds is 5. The highest BCUT2D eigenvalue weighted by Crippen LogP contribution is 2.58. The molecule has 3 heterocycles. The van der Waals surface area contributed by atoms with E-state index in [-0.39, 0.29) is 0 Å². The second-order valence-electron chi connectivity index (χ2n) is 8.56. The smallest absolute Gasteiger partial charge is 0.146 e. The van der Waals surface area contributed by atoms with Crippen molar-refractivity contribution in [2.24, 2.45) is 0 Å². The Bertz CT molecular complexity index is 1480. The summed E-state index contributed by atoms with van der Waals surface area (Å²) in [5.74, 6) is 0. The number of aromatic nitrogens is 3. The average molecular weight is 459 g/mol. The van der Waals surface area contributed by atoms with E-state index in [9.17, 15) is 0 Å². The van der Waals surface area contributed by atoms with Crippen molar-refractivity contribution >= 4 is 39.7 Å². The van der Waals surface area contributed by atoms with Gasteiger partial charge in [-0.2, -0.15) is 0 Å². The summed E-state index contributed by atoms with van der Waals surface area (Å²) in [5.41, 5.74) is 4.28. The molecular weight excluding hydrogens is 433 g/mol. The van der Waals surface area contributed by atoms with Crippen molar-refractivity contribution in [3.8, 4) is 0 Å². The minimum absolute atomic E-state index is 0.861. The maximum Gasteiger partial charge on any atom is 0.146 e. The van der Waals surface area contributed by atoms with Gasteiger partial charge in [0.05, 0.1) is 5.52 Å². The van der Waals surface area contributed by atoms with Crippen LogP contribution in [-0.4, -0.2) is 14.4 Å². The standard InChI is InChI=1S/C30H25N3P/c1-23-29(32-30-27-18-11-20-31-28(27)19-21-33(23)30)22-34(24-12-5-2-6-13-24,25-14-7-3-8-15-25)26-16-9-4-10-17-26/h2-21H,22H2,1H3/q+1. The quantitative estimate of drug-likeness (QED) is 0.311. The van der Waals surface area contributed by atoms with Gasteiger partial charge in [-0.1, -0.05) is 54.6 Å². The largest absolute Gasteiger partial charge is 0.303 e. The first kappa shape index (κ1) is 20.8. The van der Waals surface area contributed by atoms with Crippen molar-refractivity contribution in [3.05, 3.63) is 133 Å². The summed E-state index contributed by atoms with van der Waals surface area (Å²) in [5, 5.41) is 5.20. The first-order chi connectivity index (χ1) is 16.8. The molecule has 0 aliphatic heterocycles. The molecule has 0 aliphatic rings. The molecule has 164 valence electrons. The predicted molar refractivity (Wildman–Crippen MR) is 144 cm³/mol. The van der Waals surface area contributed by atoms with Crippen molar-refractivity contribution in [1.29, 1.82) is 0 Å². The molecule has 0 saturated heterocycles. The van der Waals surface area contributed by atoms with E-state index >= 15 is 0 Å². The molecular formula is C30H25N3P+. The normalized spacial score (nSPS) is 11.8. The minimum atomic E-state index is -2.01. The fourth-order valence-corrected chi connectivity index (χ4v) is 9.19. The summed E-state index contributed by atoms with van der Waals surface area (Å²) in [6, 6.07) is 39.2. The topological polar surface area (TPSA) is 30.2 Å². The van der Waals surface area contributed by atoms with Crippen LogP contribution in [0, 0.1) is 6.92 Å². The molecule has 4 heteroatoms. The zero-order valence-corrected chi connectivity index (χ0v) is 19.9. The van der Waals surface area contributed by atoms with Gasteiger partial charge in [0.1, 0.15) is 40.7 Å². The number of fused-ring (bicyclic) bond motifs is 3. The molecule has 0 N–H and O–H groups in total. The zero-order chi connectivity index (χ0) is 23.0. The van der Waals surface area contributed by atoms with Gasteiger partial charge in [0.2, 0.25) is 0 Å². The number of benzene rings is 3. The van der Waals surface area contributed by atoms with Crippen LogP contribution in [0.2, 0.25) is 0 Å². The molecule has 0 saturated carbocycles. The zero-order valence-electron chi connectivity index (χ0n) is 19.0. The van der Waals surface area contributed by atoms with Crippen molar-refractivity contribution < 1.29 is 0 Å². The summed E-state index contributed by atoms with van der Waals surface area (Å²) in [6.45, 7) is 2.19. The fourth-order valence-electron chi connectivity index (χ4n) is 4.96. The van der Waals surface area contributed by atoms with E-state index in [0.29, 0.717) is 0 Å². The highest BCUT2D eigenvalue weighted by molar-refractivity contribution is 7.95. The highest BCUT2D eigenvalue weighted by Gasteiger charge is 2.46. The lowest BCUT2D eigenvalue weighted by Gasteiger charge is -2.27. The summed E-state index contributed by atoms with van der Waals surface area (Å²) < 4.78 is 2.22. The number of nitrogens with zero attached hydrogens (tertiary/aromatic N) is 3. The van der Waals surface area contributed by atoms with Gasteiger partial charge < -0.3 is 4.40 Å².